The lowest BCUT2D eigenvalue weighted by Crippen LogP contribution is -2.72. The van der Waals surface area contributed by atoms with Gasteiger partial charge in [0.1, 0.15) is 11.4 Å². The van der Waals surface area contributed by atoms with E-state index in [1.54, 1.807) is 24.3 Å². The number of β-lactam (4-membered cyclic amide) rings is 1. The van der Waals surface area contributed by atoms with Gasteiger partial charge in [-0.1, -0.05) is 30.3 Å². The van der Waals surface area contributed by atoms with Crippen molar-refractivity contribution in [3.8, 4) is 0 Å². The Balaban J connectivity index is 1.74. The Kier molecular flexibility index (Phi) is 3.95. The van der Waals surface area contributed by atoms with Crippen LogP contribution in [0.1, 0.15) is 19.4 Å². The molecular weight excluding hydrogens is 332 g/mol. The van der Waals surface area contributed by atoms with Crippen LogP contribution in [0.15, 0.2) is 30.3 Å². The molecule has 1 N–H and O–H groups in total. The van der Waals surface area contributed by atoms with Gasteiger partial charge in [0.05, 0.1) is 34.0 Å². The van der Waals surface area contributed by atoms with Crippen LogP contribution in [-0.2, 0) is 31.6 Å². The fourth-order valence-electron chi connectivity index (χ4n) is 3.28. The minimum atomic E-state index is -1.62. The number of nitrogens with zero attached hydrogens (tertiary/aromatic N) is 1. The number of amides is 2. The molecule has 0 spiro atoms. The number of hydrogen-bond acceptors (Lipinski definition) is 5. The van der Waals surface area contributed by atoms with Crippen molar-refractivity contribution in [1.82, 2.24) is 10.2 Å². The van der Waals surface area contributed by atoms with Crippen molar-refractivity contribution in [2.45, 2.75) is 42.5 Å². The third-order valence-electron chi connectivity index (χ3n) is 4.50. The number of carboxylic acid groups (broad SMARTS) is 1. The second-order valence-corrected chi connectivity index (χ2v) is 8.60. The van der Waals surface area contributed by atoms with Crippen molar-refractivity contribution >= 4 is 28.6 Å². The Morgan fingerprint density at radius 3 is 2.50 bits per heavy atom. The van der Waals surface area contributed by atoms with Gasteiger partial charge in [-0.25, -0.2) is 0 Å². The third-order valence-corrected chi connectivity index (χ3v) is 6.70. The maximum absolute atomic E-state index is 12.6. The molecule has 128 valence electrons. The number of rotatable bonds is 4. The second kappa shape index (κ2) is 5.70. The third kappa shape index (κ3) is 2.41. The van der Waals surface area contributed by atoms with Crippen LogP contribution in [0.4, 0.5) is 0 Å². The highest BCUT2D eigenvalue weighted by Gasteiger charge is 2.66. The Bertz CT molecular complexity index is 733. The molecule has 1 aromatic carbocycles. The summed E-state index contributed by atoms with van der Waals surface area (Å²) in [5.74, 6) is -2.33. The smallest absolute Gasteiger partial charge is 0.249 e. The first-order valence-electron chi connectivity index (χ1n) is 7.52. The molecular formula is C16H17N2O5S-. The predicted octanol–water partition coefficient (Wildman–Crippen LogP) is -1.46. The summed E-state index contributed by atoms with van der Waals surface area (Å²) in [4.78, 5) is 36.8. The van der Waals surface area contributed by atoms with E-state index in [1.807, 2.05) is 6.07 Å². The number of benzene rings is 1. The average Bonchev–Trinajstić information content (AvgIpc) is 2.71. The number of hydrogen-bond donors (Lipinski definition) is 1. The summed E-state index contributed by atoms with van der Waals surface area (Å²) in [6.45, 7) is 3.05. The molecule has 2 aliphatic rings. The fraction of sp³-hybridized carbons (Fsp3) is 0.438. The van der Waals surface area contributed by atoms with Crippen molar-refractivity contribution in [2.75, 3.05) is 0 Å². The van der Waals surface area contributed by atoms with E-state index in [4.69, 9.17) is 0 Å². The summed E-state index contributed by atoms with van der Waals surface area (Å²) in [5, 5.41) is 13.1. The highest BCUT2D eigenvalue weighted by atomic mass is 32.2. The van der Waals surface area contributed by atoms with E-state index in [0.717, 1.165) is 10.5 Å². The summed E-state index contributed by atoms with van der Waals surface area (Å²) >= 11 is 0. The SMILES string of the molecule is CC1(C)[C@@H](C(=O)[O-])N2C(=O)[C@@H](NC(=O)Cc3ccccc3)[C@H]2[S@]1=O. The van der Waals surface area contributed by atoms with E-state index in [0.29, 0.717) is 0 Å². The van der Waals surface area contributed by atoms with Gasteiger partial charge >= 0.3 is 0 Å². The molecule has 0 radical (unpaired) electrons. The number of aliphatic carboxylic acids is 1. The van der Waals surface area contributed by atoms with Crippen molar-refractivity contribution in [1.29, 1.82) is 0 Å². The van der Waals surface area contributed by atoms with Gasteiger partial charge in [-0.15, -0.1) is 0 Å². The molecule has 1 aromatic rings. The van der Waals surface area contributed by atoms with Crippen LogP contribution in [0, 0.1) is 0 Å². The minimum absolute atomic E-state index is 0.0945. The number of fused-ring (bicyclic) bond motifs is 1. The zero-order chi connectivity index (χ0) is 17.6. The average molecular weight is 349 g/mol. The van der Waals surface area contributed by atoms with Crippen molar-refractivity contribution in [3.63, 3.8) is 0 Å². The van der Waals surface area contributed by atoms with Crippen molar-refractivity contribution in [3.05, 3.63) is 35.9 Å². The lowest BCUT2D eigenvalue weighted by Gasteiger charge is -2.44. The van der Waals surface area contributed by atoms with Gasteiger partial charge in [-0.2, -0.15) is 0 Å². The Hall–Kier alpha value is -2.22. The molecule has 7 nitrogen and oxygen atoms in total. The van der Waals surface area contributed by atoms with Gasteiger partial charge in [0.2, 0.25) is 11.8 Å². The van der Waals surface area contributed by atoms with Crippen LogP contribution in [0.3, 0.4) is 0 Å². The van der Waals surface area contributed by atoms with E-state index in [9.17, 15) is 23.7 Å². The lowest BCUT2D eigenvalue weighted by molar-refractivity contribution is -0.312. The molecule has 4 atom stereocenters. The first kappa shape index (κ1) is 16.6. The van der Waals surface area contributed by atoms with Crippen molar-refractivity contribution < 1.29 is 23.7 Å². The van der Waals surface area contributed by atoms with E-state index in [2.05, 4.69) is 5.32 Å². The molecule has 2 saturated heterocycles. The van der Waals surface area contributed by atoms with Gasteiger partial charge < -0.3 is 20.1 Å². The van der Waals surface area contributed by atoms with E-state index in [1.165, 1.54) is 13.8 Å². The topological polar surface area (TPSA) is 107 Å². The standard InChI is InChI=1S/C16H18N2O5S/c1-16(2)12(15(21)22)18-13(20)11(14(18)24(16)23)17-10(19)8-9-6-4-3-5-7-9/h3-7,11-12,14H,8H2,1-2H3,(H,17,19)(H,21,22)/p-1/t11-,12-,14-,24-/m1/s1. The number of nitrogens with one attached hydrogen (secondary N) is 1. The first-order chi connectivity index (χ1) is 11.2. The molecule has 0 aromatic heterocycles. The molecule has 0 bridgehead atoms. The van der Waals surface area contributed by atoms with Gasteiger partial charge in [-0.05, 0) is 19.4 Å². The molecule has 2 amide bonds. The van der Waals surface area contributed by atoms with Crippen LogP contribution in [0.2, 0.25) is 0 Å². The Labute approximate surface area is 141 Å². The molecule has 0 aliphatic carbocycles. The molecule has 2 heterocycles. The summed E-state index contributed by atoms with van der Waals surface area (Å²) in [6.07, 6.45) is 0.0945. The first-order valence-corrected chi connectivity index (χ1v) is 8.73. The highest BCUT2D eigenvalue weighted by molar-refractivity contribution is 7.87. The maximum Gasteiger partial charge on any atom is 0.249 e. The van der Waals surface area contributed by atoms with E-state index in [-0.39, 0.29) is 12.3 Å². The van der Waals surface area contributed by atoms with Gasteiger partial charge in [0, 0.05) is 0 Å². The van der Waals surface area contributed by atoms with Crippen LogP contribution in [-0.4, -0.2) is 49.1 Å². The number of carboxylic acids is 1. The van der Waals surface area contributed by atoms with Crippen LogP contribution < -0.4 is 10.4 Å². The number of carbonyl (C=O) groups excluding carboxylic acids is 3. The summed E-state index contributed by atoms with van der Waals surface area (Å²) < 4.78 is 11.4. The zero-order valence-electron chi connectivity index (χ0n) is 13.2. The molecule has 0 unspecified atom stereocenters. The molecule has 8 heteroatoms. The monoisotopic (exact) mass is 349 g/mol. The Morgan fingerprint density at radius 2 is 1.92 bits per heavy atom. The molecule has 24 heavy (non-hydrogen) atoms. The van der Waals surface area contributed by atoms with Gasteiger partial charge in [-0.3, -0.25) is 13.8 Å². The molecule has 3 rings (SSSR count). The highest BCUT2D eigenvalue weighted by Crippen LogP contribution is 2.43. The van der Waals surface area contributed by atoms with E-state index >= 15 is 0 Å². The molecule has 2 fully saturated rings. The van der Waals surface area contributed by atoms with Crippen molar-refractivity contribution in [2.24, 2.45) is 0 Å². The summed E-state index contributed by atoms with van der Waals surface area (Å²) in [6, 6.07) is 6.81. The van der Waals surface area contributed by atoms with Crippen LogP contribution in [0.5, 0.6) is 0 Å². The number of carbonyl (C=O) groups is 3. The largest absolute Gasteiger partial charge is 0.548 e. The summed E-state index contributed by atoms with van der Waals surface area (Å²) in [5.41, 5.74) is 0.791. The maximum atomic E-state index is 12.6. The quantitative estimate of drug-likeness (QED) is 0.669. The predicted molar refractivity (Wildman–Crippen MR) is 83.7 cm³/mol. The molecule has 0 saturated carbocycles. The summed E-state index contributed by atoms with van der Waals surface area (Å²) in [7, 11) is -1.62. The zero-order valence-corrected chi connectivity index (χ0v) is 14.0. The minimum Gasteiger partial charge on any atom is -0.548 e. The second-order valence-electron chi connectivity index (χ2n) is 6.47. The van der Waals surface area contributed by atoms with Gasteiger partial charge in [0.25, 0.3) is 0 Å². The molecule has 2 aliphatic heterocycles. The fourth-order valence-corrected chi connectivity index (χ4v) is 5.20. The van der Waals surface area contributed by atoms with Crippen LogP contribution >= 0.6 is 0 Å². The van der Waals surface area contributed by atoms with Gasteiger partial charge in [0.15, 0.2) is 0 Å². The normalized spacial score (nSPS) is 30.4. The lowest BCUT2D eigenvalue weighted by atomic mass is 9.96. The van der Waals surface area contributed by atoms with Crippen LogP contribution in [0.25, 0.3) is 0 Å². The Morgan fingerprint density at radius 1 is 1.29 bits per heavy atom. The van der Waals surface area contributed by atoms with E-state index < -0.39 is 44.9 Å².